The van der Waals surface area contributed by atoms with Gasteiger partial charge in [0.15, 0.2) is 0 Å². The molecule has 0 aliphatic carbocycles. The van der Waals surface area contributed by atoms with Crippen LogP contribution in [0.25, 0.3) is 23.0 Å². The first kappa shape index (κ1) is 12.1. The van der Waals surface area contributed by atoms with E-state index < -0.39 is 0 Å². The number of benzene rings is 1. The fraction of sp³-hybridized carbons (Fsp3) is 0.154. The van der Waals surface area contributed by atoms with Gasteiger partial charge in [-0.3, -0.25) is 4.68 Å². The molecular weight excluding hydrogens is 308 g/mol. The lowest BCUT2D eigenvalue weighted by molar-refractivity contribution is 0.566. The maximum atomic E-state index is 5.72. The number of aryl methyl sites for hydroxylation is 1. The minimum Gasteiger partial charge on any atom is -0.415 e. The third-order valence-corrected chi connectivity index (χ3v) is 3.32. The van der Waals surface area contributed by atoms with Crippen LogP contribution in [0, 0.1) is 0 Å². The highest BCUT2D eigenvalue weighted by atomic mass is 79.9. The van der Waals surface area contributed by atoms with E-state index in [4.69, 9.17) is 4.42 Å². The Bertz CT molecular complexity index is 690. The summed E-state index contributed by atoms with van der Waals surface area (Å²) in [5.41, 5.74) is 1.71. The molecule has 3 aromatic rings. The van der Waals surface area contributed by atoms with Crippen molar-refractivity contribution in [2.75, 3.05) is 0 Å². The van der Waals surface area contributed by atoms with Crippen molar-refractivity contribution in [3.8, 4) is 23.0 Å². The molecule has 19 heavy (non-hydrogen) atoms. The third-order valence-electron chi connectivity index (χ3n) is 2.74. The first-order valence-corrected chi connectivity index (χ1v) is 6.69. The van der Waals surface area contributed by atoms with Gasteiger partial charge in [-0.05, 0) is 35.0 Å². The number of hydrogen-bond donors (Lipinski definition) is 0. The van der Waals surface area contributed by atoms with Crippen LogP contribution in [0.4, 0.5) is 0 Å². The summed E-state index contributed by atoms with van der Waals surface area (Å²) in [5.74, 6) is 0.969. The molecular formula is C13H11BrN4O. The fourth-order valence-corrected chi connectivity index (χ4v) is 2.30. The highest BCUT2D eigenvalue weighted by Crippen LogP contribution is 2.29. The number of rotatable bonds is 3. The Morgan fingerprint density at radius 2 is 1.89 bits per heavy atom. The monoisotopic (exact) mass is 318 g/mol. The summed E-state index contributed by atoms with van der Waals surface area (Å²) in [6.45, 7) is 2.75. The van der Waals surface area contributed by atoms with Crippen molar-refractivity contribution in [1.29, 1.82) is 0 Å². The van der Waals surface area contributed by atoms with Gasteiger partial charge >= 0.3 is 0 Å². The van der Waals surface area contributed by atoms with E-state index in [-0.39, 0.29) is 0 Å². The van der Waals surface area contributed by atoms with Gasteiger partial charge in [-0.15, -0.1) is 10.2 Å². The lowest BCUT2D eigenvalue weighted by atomic mass is 10.2. The smallest absolute Gasteiger partial charge is 0.267 e. The first-order chi connectivity index (χ1) is 9.29. The molecule has 1 aromatic carbocycles. The minimum absolute atomic E-state index is 0.463. The van der Waals surface area contributed by atoms with Crippen LogP contribution in [0.15, 0.2) is 45.4 Å². The maximum absolute atomic E-state index is 5.72. The van der Waals surface area contributed by atoms with Crippen LogP contribution in [0.3, 0.4) is 0 Å². The second-order valence-corrected chi connectivity index (χ2v) is 4.79. The molecule has 0 aliphatic heterocycles. The second kappa shape index (κ2) is 4.97. The van der Waals surface area contributed by atoms with E-state index in [1.807, 2.05) is 41.9 Å². The normalized spacial score (nSPS) is 10.8. The number of hydrogen-bond acceptors (Lipinski definition) is 4. The molecule has 0 amide bonds. The molecule has 0 aliphatic rings. The summed E-state index contributed by atoms with van der Waals surface area (Å²) in [6.07, 6.45) is 1.73. The van der Waals surface area contributed by atoms with Crippen LogP contribution in [-0.2, 0) is 6.54 Å². The number of nitrogens with zero attached hydrogens (tertiary/aromatic N) is 4. The molecule has 0 unspecified atom stereocenters. The van der Waals surface area contributed by atoms with Crippen molar-refractivity contribution in [2.45, 2.75) is 13.5 Å². The van der Waals surface area contributed by atoms with E-state index in [0.717, 1.165) is 22.3 Å². The first-order valence-electron chi connectivity index (χ1n) is 5.90. The zero-order valence-corrected chi connectivity index (χ0v) is 11.8. The second-order valence-electron chi connectivity index (χ2n) is 3.94. The SMILES string of the molecule is CCn1ncc(Br)c1-c1nnc(-c2ccccc2)o1. The topological polar surface area (TPSA) is 56.7 Å². The van der Waals surface area contributed by atoms with Crippen molar-refractivity contribution in [1.82, 2.24) is 20.0 Å². The average Bonchev–Trinajstić information content (AvgIpc) is 3.05. The summed E-state index contributed by atoms with van der Waals surface area (Å²) < 4.78 is 8.38. The highest BCUT2D eigenvalue weighted by Gasteiger charge is 2.17. The van der Waals surface area contributed by atoms with Gasteiger partial charge in [0, 0.05) is 12.1 Å². The van der Waals surface area contributed by atoms with Gasteiger partial charge in [-0.2, -0.15) is 5.10 Å². The van der Waals surface area contributed by atoms with E-state index in [9.17, 15) is 0 Å². The number of halogens is 1. The predicted octanol–water partition coefficient (Wildman–Crippen LogP) is 3.38. The Morgan fingerprint density at radius 1 is 1.16 bits per heavy atom. The van der Waals surface area contributed by atoms with Crippen molar-refractivity contribution in [2.24, 2.45) is 0 Å². The minimum atomic E-state index is 0.463. The van der Waals surface area contributed by atoms with Crippen molar-refractivity contribution < 1.29 is 4.42 Å². The molecule has 0 spiro atoms. The molecule has 5 nitrogen and oxygen atoms in total. The van der Waals surface area contributed by atoms with Gasteiger partial charge < -0.3 is 4.42 Å². The summed E-state index contributed by atoms with van der Waals surface area (Å²) in [7, 11) is 0. The lowest BCUT2D eigenvalue weighted by Gasteiger charge is -2.00. The Balaban J connectivity index is 2.04. The molecule has 0 saturated heterocycles. The number of aromatic nitrogens is 4. The van der Waals surface area contributed by atoms with E-state index in [1.165, 1.54) is 0 Å². The van der Waals surface area contributed by atoms with Crippen LogP contribution in [-0.4, -0.2) is 20.0 Å². The molecule has 0 bridgehead atoms. The van der Waals surface area contributed by atoms with Gasteiger partial charge in [0.2, 0.25) is 5.89 Å². The van der Waals surface area contributed by atoms with Crippen molar-refractivity contribution >= 4 is 15.9 Å². The summed E-state index contributed by atoms with van der Waals surface area (Å²) in [6, 6.07) is 9.69. The molecule has 96 valence electrons. The maximum Gasteiger partial charge on any atom is 0.267 e. The Hall–Kier alpha value is -1.95. The average molecular weight is 319 g/mol. The molecule has 2 heterocycles. The van der Waals surface area contributed by atoms with E-state index >= 15 is 0 Å². The molecule has 0 saturated carbocycles. The Morgan fingerprint density at radius 3 is 2.63 bits per heavy atom. The summed E-state index contributed by atoms with van der Waals surface area (Å²) >= 11 is 3.45. The molecule has 6 heteroatoms. The molecule has 0 N–H and O–H groups in total. The zero-order valence-electron chi connectivity index (χ0n) is 10.2. The van der Waals surface area contributed by atoms with Crippen LogP contribution < -0.4 is 0 Å². The van der Waals surface area contributed by atoms with Gasteiger partial charge in [0.25, 0.3) is 5.89 Å². The Kier molecular flexibility index (Phi) is 3.16. The van der Waals surface area contributed by atoms with Crippen LogP contribution in [0.2, 0.25) is 0 Å². The van der Waals surface area contributed by atoms with Crippen LogP contribution in [0.1, 0.15) is 6.92 Å². The Labute approximate surface area is 118 Å². The predicted molar refractivity (Wildman–Crippen MR) is 74.3 cm³/mol. The van der Waals surface area contributed by atoms with E-state index in [0.29, 0.717) is 11.8 Å². The highest BCUT2D eigenvalue weighted by molar-refractivity contribution is 9.10. The van der Waals surface area contributed by atoms with Gasteiger partial charge in [-0.1, -0.05) is 18.2 Å². The van der Waals surface area contributed by atoms with Crippen LogP contribution >= 0.6 is 15.9 Å². The largest absolute Gasteiger partial charge is 0.415 e. The van der Waals surface area contributed by atoms with Gasteiger partial charge in [-0.25, -0.2) is 0 Å². The van der Waals surface area contributed by atoms with Crippen molar-refractivity contribution in [3.05, 3.63) is 41.0 Å². The quantitative estimate of drug-likeness (QED) is 0.742. The molecule has 2 aromatic heterocycles. The standard InChI is InChI=1S/C13H11BrN4O/c1-2-18-11(10(14)8-15-18)13-17-16-12(19-13)9-6-4-3-5-7-9/h3-8H,2H2,1H3. The third kappa shape index (κ3) is 2.19. The van der Waals surface area contributed by atoms with Crippen LogP contribution in [0.5, 0.6) is 0 Å². The molecule has 0 fully saturated rings. The van der Waals surface area contributed by atoms with E-state index in [1.54, 1.807) is 6.20 Å². The van der Waals surface area contributed by atoms with Gasteiger partial charge in [0.1, 0.15) is 5.69 Å². The van der Waals surface area contributed by atoms with Crippen molar-refractivity contribution in [3.63, 3.8) is 0 Å². The van der Waals surface area contributed by atoms with Gasteiger partial charge in [0.05, 0.1) is 10.7 Å². The summed E-state index contributed by atoms with van der Waals surface area (Å²) in [4.78, 5) is 0. The summed E-state index contributed by atoms with van der Waals surface area (Å²) in [5, 5.41) is 12.4. The zero-order chi connectivity index (χ0) is 13.2. The molecule has 0 radical (unpaired) electrons. The fourth-order valence-electron chi connectivity index (χ4n) is 1.83. The lowest BCUT2D eigenvalue weighted by Crippen LogP contribution is -1.99. The van der Waals surface area contributed by atoms with E-state index in [2.05, 4.69) is 31.2 Å². The molecule has 0 atom stereocenters. The molecule has 3 rings (SSSR count).